The molecule has 0 saturated heterocycles. The van der Waals surface area contributed by atoms with Crippen LogP contribution in [0.15, 0.2) is 29.2 Å². The molecule has 1 atom stereocenters. The zero-order valence-electron chi connectivity index (χ0n) is 14.3. The molecule has 1 aromatic carbocycles. The van der Waals surface area contributed by atoms with Crippen LogP contribution in [0.3, 0.4) is 0 Å². The van der Waals surface area contributed by atoms with Crippen LogP contribution in [0, 0.1) is 5.92 Å². The van der Waals surface area contributed by atoms with Gasteiger partial charge in [-0.1, -0.05) is 20.8 Å². The molecule has 1 rings (SSSR count). The van der Waals surface area contributed by atoms with E-state index in [4.69, 9.17) is 4.74 Å². The molecular formula is C16H24N2O5S. The zero-order chi connectivity index (χ0) is 18.3. The van der Waals surface area contributed by atoms with E-state index >= 15 is 0 Å². The Labute approximate surface area is 142 Å². The van der Waals surface area contributed by atoms with Gasteiger partial charge >= 0.3 is 5.97 Å². The summed E-state index contributed by atoms with van der Waals surface area (Å²) in [7, 11) is -3.57. The third kappa shape index (κ3) is 5.93. The lowest BCUT2D eigenvalue weighted by molar-refractivity contribution is -0.125. The number of amides is 1. The third-order valence-electron chi connectivity index (χ3n) is 3.46. The van der Waals surface area contributed by atoms with E-state index in [0.29, 0.717) is 0 Å². The molecule has 0 aliphatic rings. The standard InChI is InChI=1S/C16H24N2O5S/c1-5-17-24(21,22)14-8-6-13(7-9-14)16(20)23-10-15(19)18-12(4)11(2)3/h6-9,11-12,17H,5,10H2,1-4H3,(H,18,19)/t12-/m1/s1. The summed E-state index contributed by atoms with van der Waals surface area (Å²) >= 11 is 0. The highest BCUT2D eigenvalue weighted by Gasteiger charge is 2.16. The van der Waals surface area contributed by atoms with Crippen LogP contribution in [0.5, 0.6) is 0 Å². The Hall–Kier alpha value is -1.93. The number of ether oxygens (including phenoxy) is 1. The van der Waals surface area contributed by atoms with Crippen LogP contribution in [-0.2, 0) is 19.6 Å². The summed E-state index contributed by atoms with van der Waals surface area (Å²) < 4.78 is 30.9. The number of rotatable bonds is 8. The fraction of sp³-hybridized carbons (Fsp3) is 0.500. The Balaban J connectivity index is 2.62. The topological polar surface area (TPSA) is 102 Å². The normalized spacial score (nSPS) is 12.7. The summed E-state index contributed by atoms with van der Waals surface area (Å²) in [4.78, 5) is 23.6. The van der Waals surface area contributed by atoms with Gasteiger partial charge in [0.25, 0.3) is 5.91 Å². The van der Waals surface area contributed by atoms with Gasteiger partial charge < -0.3 is 10.1 Å². The summed E-state index contributed by atoms with van der Waals surface area (Å²) in [5.74, 6) is -0.790. The quantitative estimate of drug-likeness (QED) is 0.684. The molecule has 0 aliphatic carbocycles. The van der Waals surface area contributed by atoms with Crippen LogP contribution in [0.2, 0.25) is 0 Å². The summed E-state index contributed by atoms with van der Waals surface area (Å²) in [5, 5.41) is 2.73. The van der Waals surface area contributed by atoms with E-state index in [9.17, 15) is 18.0 Å². The van der Waals surface area contributed by atoms with Gasteiger partial charge in [0.05, 0.1) is 10.5 Å². The van der Waals surface area contributed by atoms with Crippen molar-refractivity contribution in [2.75, 3.05) is 13.2 Å². The second-order valence-electron chi connectivity index (χ2n) is 5.70. The second kappa shape index (κ2) is 8.79. The van der Waals surface area contributed by atoms with Gasteiger partial charge in [-0.15, -0.1) is 0 Å². The predicted octanol–water partition coefficient (Wildman–Crippen LogP) is 1.30. The highest BCUT2D eigenvalue weighted by Crippen LogP contribution is 2.11. The number of esters is 1. The number of hydrogen-bond acceptors (Lipinski definition) is 5. The zero-order valence-corrected chi connectivity index (χ0v) is 15.1. The number of hydrogen-bond donors (Lipinski definition) is 2. The summed E-state index contributed by atoms with van der Waals surface area (Å²) in [6, 6.07) is 5.31. The van der Waals surface area contributed by atoms with Crippen LogP contribution in [-0.4, -0.2) is 39.5 Å². The van der Waals surface area contributed by atoms with E-state index in [1.807, 2.05) is 20.8 Å². The molecular weight excluding hydrogens is 332 g/mol. The minimum Gasteiger partial charge on any atom is -0.452 e. The third-order valence-corrected chi connectivity index (χ3v) is 5.02. The molecule has 0 radical (unpaired) electrons. The first kappa shape index (κ1) is 20.1. The van der Waals surface area contributed by atoms with Gasteiger partial charge in [-0.25, -0.2) is 17.9 Å². The van der Waals surface area contributed by atoms with E-state index in [-0.39, 0.29) is 41.5 Å². The number of nitrogens with one attached hydrogen (secondary N) is 2. The van der Waals surface area contributed by atoms with Gasteiger partial charge in [0.1, 0.15) is 0 Å². The molecule has 0 heterocycles. The molecule has 0 unspecified atom stereocenters. The molecule has 0 aliphatic heterocycles. The van der Waals surface area contributed by atoms with Crippen molar-refractivity contribution in [1.82, 2.24) is 10.0 Å². The SMILES string of the molecule is CCNS(=O)(=O)c1ccc(C(=O)OCC(=O)N[C@H](C)C(C)C)cc1. The summed E-state index contributed by atoms with van der Waals surface area (Å²) in [6.45, 7) is 7.38. The molecule has 0 saturated carbocycles. The molecule has 8 heteroatoms. The maximum Gasteiger partial charge on any atom is 0.338 e. The highest BCUT2D eigenvalue weighted by atomic mass is 32.2. The van der Waals surface area contributed by atoms with Gasteiger partial charge in [-0.3, -0.25) is 4.79 Å². The Morgan fingerprint density at radius 3 is 2.21 bits per heavy atom. The van der Waals surface area contributed by atoms with Gasteiger partial charge in [-0.05, 0) is 37.1 Å². The Kier molecular flexibility index (Phi) is 7.37. The summed E-state index contributed by atoms with van der Waals surface area (Å²) in [6.07, 6.45) is 0. The van der Waals surface area contributed by atoms with E-state index in [1.165, 1.54) is 24.3 Å². The van der Waals surface area contributed by atoms with Crippen LogP contribution in [0.4, 0.5) is 0 Å². The van der Waals surface area contributed by atoms with Gasteiger partial charge in [0.15, 0.2) is 6.61 Å². The maximum absolute atomic E-state index is 11.9. The van der Waals surface area contributed by atoms with Crippen molar-refractivity contribution in [1.29, 1.82) is 0 Å². The smallest absolute Gasteiger partial charge is 0.338 e. The molecule has 1 aromatic rings. The first-order valence-electron chi connectivity index (χ1n) is 7.73. The lowest BCUT2D eigenvalue weighted by Gasteiger charge is -2.17. The van der Waals surface area contributed by atoms with Crippen molar-refractivity contribution in [3.63, 3.8) is 0 Å². The van der Waals surface area contributed by atoms with Gasteiger partial charge in [0, 0.05) is 12.6 Å². The molecule has 0 bridgehead atoms. The molecule has 7 nitrogen and oxygen atoms in total. The van der Waals surface area contributed by atoms with Crippen molar-refractivity contribution in [2.24, 2.45) is 5.92 Å². The molecule has 2 N–H and O–H groups in total. The van der Waals surface area contributed by atoms with E-state index in [0.717, 1.165) is 0 Å². The minimum absolute atomic E-state index is 0.0215. The average molecular weight is 356 g/mol. The number of benzene rings is 1. The Morgan fingerprint density at radius 2 is 1.71 bits per heavy atom. The molecule has 0 aromatic heterocycles. The fourth-order valence-corrected chi connectivity index (χ4v) is 2.76. The van der Waals surface area contributed by atoms with Crippen molar-refractivity contribution >= 4 is 21.9 Å². The second-order valence-corrected chi connectivity index (χ2v) is 7.47. The van der Waals surface area contributed by atoms with E-state index < -0.39 is 16.0 Å². The first-order valence-corrected chi connectivity index (χ1v) is 9.22. The first-order chi connectivity index (χ1) is 11.2. The fourth-order valence-electron chi connectivity index (χ4n) is 1.72. The van der Waals surface area contributed by atoms with Crippen LogP contribution >= 0.6 is 0 Å². The molecule has 134 valence electrons. The minimum atomic E-state index is -3.57. The van der Waals surface area contributed by atoms with Gasteiger partial charge in [-0.2, -0.15) is 0 Å². The van der Waals surface area contributed by atoms with Crippen LogP contribution in [0.1, 0.15) is 38.1 Å². The monoisotopic (exact) mass is 356 g/mol. The van der Waals surface area contributed by atoms with Gasteiger partial charge in [0.2, 0.25) is 10.0 Å². The number of carbonyl (C=O) groups is 2. The van der Waals surface area contributed by atoms with Crippen molar-refractivity contribution in [3.05, 3.63) is 29.8 Å². The maximum atomic E-state index is 11.9. The molecule has 0 spiro atoms. The Bertz CT molecular complexity index is 668. The van der Waals surface area contributed by atoms with Crippen molar-refractivity contribution < 1.29 is 22.7 Å². The molecule has 1 amide bonds. The Morgan fingerprint density at radius 1 is 1.12 bits per heavy atom. The largest absolute Gasteiger partial charge is 0.452 e. The number of carbonyl (C=O) groups excluding carboxylic acids is 2. The van der Waals surface area contributed by atoms with Crippen LogP contribution in [0.25, 0.3) is 0 Å². The highest BCUT2D eigenvalue weighted by molar-refractivity contribution is 7.89. The lowest BCUT2D eigenvalue weighted by Crippen LogP contribution is -2.38. The van der Waals surface area contributed by atoms with Crippen molar-refractivity contribution in [2.45, 2.75) is 38.6 Å². The van der Waals surface area contributed by atoms with Crippen molar-refractivity contribution in [3.8, 4) is 0 Å². The van der Waals surface area contributed by atoms with E-state index in [1.54, 1.807) is 6.92 Å². The predicted molar refractivity (Wildman–Crippen MR) is 90.0 cm³/mol. The molecule has 0 fully saturated rings. The van der Waals surface area contributed by atoms with E-state index in [2.05, 4.69) is 10.0 Å². The van der Waals surface area contributed by atoms with Crippen LogP contribution < -0.4 is 10.0 Å². The number of sulfonamides is 1. The lowest BCUT2D eigenvalue weighted by atomic mass is 10.1. The average Bonchev–Trinajstić information content (AvgIpc) is 2.52. The summed E-state index contributed by atoms with van der Waals surface area (Å²) in [5.41, 5.74) is 0.176. The molecule has 24 heavy (non-hydrogen) atoms.